The van der Waals surface area contributed by atoms with Crippen LogP contribution in [0.25, 0.3) is 0 Å². The van der Waals surface area contributed by atoms with Gasteiger partial charge in [0.05, 0.1) is 18.6 Å². The van der Waals surface area contributed by atoms with Crippen LogP contribution < -0.4 is 4.74 Å². The number of benzene rings is 1. The van der Waals surface area contributed by atoms with Gasteiger partial charge in [0.1, 0.15) is 5.75 Å². The van der Waals surface area contributed by atoms with Crippen LogP contribution in [0.5, 0.6) is 5.75 Å². The molecule has 2 rings (SSSR count). The van der Waals surface area contributed by atoms with E-state index in [4.69, 9.17) is 9.84 Å². The highest BCUT2D eigenvalue weighted by molar-refractivity contribution is 5.97. The van der Waals surface area contributed by atoms with Crippen LogP contribution in [-0.4, -0.2) is 41.6 Å². The highest BCUT2D eigenvalue weighted by Crippen LogP contribution is 2.25. The zero-order valence-electron chi connectivity index (χ0n) is 10.8. The predicted octanol–water partition coefficient (Wildman–Crippen LogP) is 1.63. The van der Waals surface area contributed by atoms with E-state index in [-0.39, 0.29) is 18.2 Å². The predicted molar refractivity (Wildman–Crippen MR) is 69.3 cm³/mol. The number of amides is 1. The van der Waals surface area contributed by atoms with Crippen LogP contribution in [0.4, 0.5) is 0 Å². The molecule has 1 N–H and O–H groups in total. The van der Waals surface area contributed by atoms with Crippen molar-refractivity contribution < 1.29 is 19.4 Å². The zero-order valence-corrected chi connectivity index (χ0v) is 10.8. The van der Waals surface area contributed by atoms with Gasteiger partial charge in [0.25, 0.3) is 5.91 Å². The van der Waals surface area contributed by atoms with E-state index in [1.807, 2.05) is 13.0 Å². The van der Waals surface area contributed by atoms with Crippen molar-refractivity contribution in [2.75, 3.05) is 19.7 Å². The molecular formula is C14H17NO4. The molecule has 0 bridgehead atoms. The lowest BCUT2D eigenvalue weighted by Crippen LogP contribution is -2.50. The number of likely N-dealkylation sites (tertiary alicyclic amines) is 1. The largest absolute Gasteiger partial charge is 0.493 e. The molecule has 1 aliphatic heterocycles. The van der Waals surface area contributed by atoms with E-state index >= 15 is 0 Å². The summed E-state index contributed by atoms with van der Waals surface area (Å²) in [6.07, 6.45) is 0.122. The second-order valence-electron chi connectivity index (χ2n) is 4.60. The van der Waals surface area contributed by atoms with Gasteiger partial charge in [0.15, 0.2) is 0 Å². The Morgan fingerprint density at radius 2 is 2.05 bits per heavy atom. The van der Waals surface area contributed by atoms with Gasteiger partial charge in [-0.15, -0.1) is 0 Å². The molecule has 102 valence electrons. The molecule has 19 heavy (non-hydrogen) atoms. The first-order chi connectivity index (χ1) is 9.11. The number of hydrogen-bond acceptors (Lipinski definition) is 3. The Kier molecular flexibility index (Phi) is 4.04. The molecule has 0 aliphatic carbocycles. The Hall–Kier alpha value is -2.04. The van der Waals surface area contributed by atoms with Gasteiger partial charge in [0, 0.05) is 19.0 Å². The third-order valence-electron chi connectivity index (χ3n) is 3.12. The first-order valence-electron chi connectivity index (χ1n) is 6.34. The van der Waals surface area contributed by atoms with E-state index in [1.165, 1.54) is 0 Å². The fourth-order valence-corrected chi connectivity index (χ4v) is 2.21. The molecule has 5 nitrogen and oxygen atoms in total. The molecule has 0 radical (unpaired) electrons. The van der Waals surface area contributed by atoms with Crippen molar-refractivity contribution in [1.29, 1.82) is 0 Å². The van der Waals surface area contributed by atoms with Gasteiger partial charge in [-0.25, -0.2) is 0 Å². The van der Waals surface area contributed by atoms with Crippen LogP contribution in [0, 0.1) is 5.92 Å². The molecule has 1 heterocycles. The molecular weight excluding hydrogens is 246 g/mol. The number of aliphatic carboxylic acids is 1. The number of carbonyl (C=O) groups is 2. The Balaban J connectivity index is 2.00. The Bertz CT molecular complexity index is 480. The van der Waals surface area contributed by atoms with Crippen LogP contribution in [0.1, 0.15) is 23.7 Å². The summed E-state index contributed by atoms with van der Waals surface area (Å²) in [6.45, 7) is 3.39. The standard InChI is InChI=1S/C14H17NO4/c1-2-19-12-6-4-3-5-11(12)14(18)15-8-10(9-15)7-13(16)17/h3-6,10H,2,7-9H2,1H3,(H,16,17). The lowest BCUT2D eigenvalue weighted by atomic mass is 9.95. The third-order valence-corrected chi connectivity index (χ3v) is 3.12. The average Bonchev–Trinajstić information content (AvgIpc) is 2.33. The van der Waals surface area contributed by atoms with Gasteiger partial charge >= 0.3 is 5.97 Å². The van der Waals surface area contributed by atoms with Crippen LogP contribution in [0.2, 0.25) is 0 Å². The maximum Gasteiger partial charge on any atom is 0.303 e. The number of hydrogen-bond donors (Lipinski definition) is 1. The Morgan fingerprint density at radius 3 is 2.68 bits per heavy atom. The van der Waals surface area contributed by atoms with Crippen molar-refractivity contribution in [1.82, 2.24) is 4.90 Å². The highest BCUT2D eigenvalue weighted by atomic mass is 16.5. The first kappa shape index (κ1) is 13.4. The van der Waals surface area contributed by atoms with Gasteiger partial charge in [-0.1, -0.05) is 12.1 Å². The molecule has 0 saturated carbocycles. The fraction of sp³-hybridized carbons (Fsp3) is 0.429. The Labute approximate surface area is 111 Å². The molecule has 0 aromatic heterocycles. The number of ether oxygens (including phenoxy) is 1. The van der Waals surface area contributed by atoms with Gasteiger partial charge < -0.3 is 14.7 Å². The molecule has 5 heteroatoms. The second kappa shape index (κ2) is 5.73. The minimum atomic E-state index is -0.813. The van der Waals surface area contributed by atoms with E-state index < -0.39 is 5.97 Å². The fourth-order valence-electron chi connectivity index (χ4n) is 2.21. The van der Waals surface area contributed by atoms with Crippen molar-refractivity contribution in [3.05, 3.63) is 29.8 Å². The van der Waals surface area contributed by atoms with E-state index in [2.05, 4.69) is 0 Å². The highest BCUT2D eigenvalue weighted by Gasteiger charge is 2.33. The summed E-state index contributed by atoms with van der Waals surface area (Å²) < 4.78 is 5.43. The minimum Gasteiger partial charge on any atom is -0.493 e. The number of para-hydroxylation sites is 1. The van der Waals surface area contributed by atoms with E-state index in [0.29, 0.717) is 31.0 Å². The number of nitrogens with zero attached hydrogens (tertiary/aromatic N) is 1. The number of carboxylic acids is 1. The van der Waals surface area contributed by atoms with Crippen molar-refractivity contribution in [3.8, 4) is 5.75 Å². The number of carbonyl (C=O) groups excluding carboxylic acids is 1. The van der Waals surface area contributed by atoms with E-state index in [0.717, 1.165) is 0 Å². The van der Waals surface area contributed by atoms with Gasteiger partial charge in [0.2, 0.25) is 0 Å². The summed E-state index contributed by atoms with van der Waals surface area (Å²) in [5.41, 5.74) is 0.540. The smallest absolute Gasteiger partial charge is 0.303 e. The molecule has 1 saturated heterocycles. The van der Waals surface area contributed by atoms with Gasteiger partial charge in [-0.3, -0.25) is 9.59 Å². The summed E-state index contributed by atoms with van der Waals surface area (Å²) in [7, 11) is 0. The SMILES string of the molecule is CCOc1ccccc1C(=O)N1CC(CC(=O)O)C1. The summed E-state index contributed by atoms with van der Waals surface area (Å²) in [5.74, 6) is -0.255. The monoisotopic (exact) mass is 263 g/mol. The molecule has 1 aromatic rings. The molecule has 1 fully saturated rings. The molecule has 1 aromatic carbocycles. The van der Waals surface area contributed by atoms with Crippen molar-refractivity contribution >= 4 is 11.9 Å². The third kappa shape index (κ3) is 3.05. The maximum absolute atomic E-state index is 12.3. The molecule has 0 atom stereocenters. The van der Waals surface area contributed by atoms with Crippen LogP contribution in [0.3, 0.4) is 0 Å². The maximum atomic E-state index is 12.3. The summed E-state index contributed by atoms with van der Waals surface area (Å²) in [4.78, 5) is 24.5. The van der Waals surface area contributed by atoms with Crippen LogP contribution >= 0.6 is 0 Å². The lowest BCUT2D eigenvalue weighted by Gasteiger charge is -2.38. The van der Waals surface area contributed by atoms with E-state index in [9.17, 15) is 9.59 Å². The molecule has 1 aliphatic rings. The minimum absolute atomic E-state index is 0.0701. The van der Waals surface area contributed by atoms with Crippen molar-refractivity contribution in [2.45, 2.75) is 13.3 Å². The average molecular weight is 263 g/mol. The van der Waals surface area contributed by atoms with Crippen molar-refractivity contribution in [2.24, 2.45) is 5.92 Å². The lowest BCUT2D eigenvalue weighted by molar-refractivity contribution is -0.139. The van der Waals surface area contributed by atoms with Gasteiger partial charge in [-0.2, -0.15) is 0 Å². The second-order valence-corrected chi connectivity index (χ2v) is 4.60. The normalized spacial score (nSPS) is 14.9. The quantitative estimate of drug-likeness (QED) is 0.876. The van der Waals surface area contributed by atoms with E-state index in [1.54, 1.807) is 23.1 Å². The summed E-state index contributed by atoms with van der Waals surface area (Å²) >= 11 is 0. The number of carboxylic acid groups (broad SMARTS) is 1. The summed E-state index contributed by atoms with van der Waals surface area (Å²) in [5, 5.41) is 8.68. The Morgan fingerprint density at radius 1 is 1.37 bits per heavy atom. The number of rotatable bonds is 5. The summed E-state index contributed by atoms with van der Waals surface area (Å²) in [6, 6.07) is 7.12. The van der Waals surface area contributed by atoms with Crippen LogP contribution in [-0.2, 0) is 4.79 Å². The molecule has 0 unspecified atom stereocenters. The first-order valence-corrected chi connectivity index (χ1v) is 6.34. The topological polar surface area (TPSA) is 66.8 Å². The molecule has 0 spiro atoms. The van der Waals surface area contributed by atoms with Gasteiger partial charge in [-0.05, 0) is 19.1 Å². The zero-order chi connectivity index (χ0) is 13.8. The molecule has 1 amide bonds. The van der Waals surface area contributed by atoms with Crippen LogP contribution in [0.15, 0.2) is 24.3 Å². The van der Waals surface area contributed by atoms with Crippen molar-refractivity contribution in [3.63, 3.8) is 0 Å².